The molecule has 0 amide bonds. The van der Waals surface area contributed by atoms with E-state index in [2.05, 4.69) is 225 Å². The molecule has 0 aliphatic heterocycles. The highest BCUT2D eigenvalue weighted by Crippen LogP contribution is 2.33. The lowest BCUT2D eigenvalue weighted by atomic mass is 9.93. The van der Waals surface area contributed by atoms with Crippen LogP contribution < -0.4 is 18.3 Å². The van der Waals surface area contributed by atoms with E-state index in [-0.39, 0.29) is 11.1 Å². The summed E-state index contributed by atoms with van der Waals surface area (Å²) >= 11 is 0. The Hall–Kier alpha value is -9.64. The minimum Gasteiger partial charge on any atom is -0.201 e. The molecule has 0 radical (unpaired) electrons. The fraction of sp³-hybridized carbons (Fsp3) is 0.244. The Bertz CT molecular complexity index is 5010. The summed E-state index contributed by atoms with van der Waals surface area (Å²) < 4.78 is 95.2. The standard InChI is InChI=1S/C25H28N.2C23H26N.C19H18N/c1-19-7-3-6-10-24(19)25-16-15-23(18-26(25)2)22-13-11-21(12-14-22)17-20-8-4-5-9-20;1-16(2)21-12-10-19(14-18(21)4)20-11-13-23(24(5)15-20)22-9-7-6-8-17(22)3;1-16(2)22-14-19(11-10-18(22)4)20-12-13-23(24(5)15-20)21-9-7-6-8-17(21)3;1-15-8-6-7-11-18(15)19-14-17(12-13-20(19)2)16-9-4-3-5-10-16/h3,6-7,10-16,18,20H,4-5,8-9,17H2,1-2H3;2*6-16H,1-5H3;3-14H,1-2H3/q4*+1/i;1D3,16D;1D3,4D3,16D;. The lowest BCUT2D eigenvalue weighted by Crippen LogP contribution is -2.30. The van der Waals surface area contributed by atoms with Gasteiger partial charge in [-0.15, -0.1) is 0 Å². The topological polar surface area (TPSA) is 15.5 Å². The van der Waals surface area contributed by atoms with Crippen LogP contribution in [0.4, 0.5) is 0 Å². The molecule has 4 nitrogen and oxygen atoms in total. The van der Waals surface area contributed by atoms with E-state index in [0.29, 0.717) is 11.1 Å². The van der Waals surface area contributed by atoms with Crippen molar-refractivity contribution in [3.8, 4) is 89.5 Å². The summed E-state index contributed by atoms with van der Waals surface area (Å²) in [6.45, 7) is 5.50. The maximum absolute atomic E-state index is 8.49. The van der Waals surface area contributed by atoms with Gasteiger partial charge in [0.1, 0.15) is 28.2 Å². The van der Waals surface area contributed by atoms with E-state index in [9.17, 15) is 0 Å². The van der Waals surface area contributed by atoms with Gasteiger partial charge in [0.15, 0.2) is 24.8 Å². The molecule has 2 unspecified atom stereocenters. The maximum atomic E-state index is 8.49. The van der Waals surface area contributed by atoms with Gasteiger partial charge >= 0.3 is 0 Å². The summed E-state index contributed by atoms with van der Waals surface area (Å²) in [5.74, 6) is -2.78. The van der Waals surface area contributed by atoms with Crippen LogP contribution in [-0.4, -0.2) is 0 Å². The predicted octanol–water partition coefficient (Wildman–Crippen LogP) is 21.2. The van der Waals surface area contributed by atoms with Gasteiger partial charge in [0.05, 0.1) is 0 Å². The third kappa shape index (κ3) is 16.6. The number of nitrogens with zero attached hydrogens (tertiary/aromatic N) is 4. The number of pyridine rings is 4. The molecule has 1 fully saturated rings. The largest absolute Gasteiger partial charge is 0.213 e. The van der Waals surface area contributed by atoms with Crippen LogP contribution in [0.3, 0.4) is 0 Å². The molecular weight excluding hydrogens is 1140 g/mol. The van der Waals surface area contributed by atoms with Crippen molar-refractivity contribution >= 4 is 0 Å². The van der Waals surface area contributed by atoms with Gasteiger partial charge in [-0.1, -0.05) is 217 Å². The van der Waals surface area contributed by atoms with Crippen molar-refractivity contribution in [3.63, 3.8) is 0 Å². The Morgan fingerprint density at radius 2 is 0.745 bits per heavy atom. The molecule has 4 heteroatoms. The Morgan fingerprint density at radius 3 is 1.20 bits per heavy atom. The van der Waals surface area contributed by atoms with Crippen molar-refractivity contribution in [1.29, 1.82) is 0 Å². The molecule has 1 aliphatic rings. The highest BCUT2D eigenvalue weighted by Gasteiger charge is 2.20. The van der Waals surface area contributed by atoms with Crippen LogP contribution in [0.25, 0.3) is 89.5 Å². The molecular formula is C90H98N4+4. The number of hydrogen-bond donors (Lipinski definition) is 0. The first-order chi connectivity index (χ1) is 49.7. The molecule has 474 valence electrons. The quantitative estimate of drug-likeness (QED) is 0.108. The molecule has 1 saturated carbocycles. The Labute approximate surface area is 578 Å². The van der Waals surface area contributed by atoms with Crippen molar-refractivity contribution in [2.75, 3.05) is 0 Å². The average Bonchev–Trinajstić information content (AvgIpc) is 0.835. The number of benzene rings is 8. The lowest BCUT2D eigenvalue weighted by molar-refractivity contribution is -0.660. The van der Waals surface area contributed by atoms with E-state index < -0.39 is 32.3 Å². The van der Waals surface area contributed by atoms with E-state index >= 15 is 0 Å². The first-order valence-electron chi connectivity index (χ1n) is 38.4. The molecule has 12 aromatic rings. The smallest absolute Gasteiger partial charge is 0.201 e. The normalized spacial score (nSPS) is 15.3. The van der Waals surface area contributed by atoms with Crippen molar-refractivity contribution in [1.82, 2.24) is 0 Å². The predicted molar refractivity (Wildman–Crippen MR) is 396 cm³/mol. The molecule has 8 aromatic carbocycles. The lowest BCUT2D eigenvalue weighted by Gasteiger charge is -2.12. The number of hydrogen-bond acceptors (Lipinski definition) is 0. The monoisotopic (exact) mass is 1250 g/mol. The summed E-state index contributed by atoms with van der Waals surface area (Å²) in [6.07, 6.45) is 15.3. The molecule has 4 aromatic heterocycles. The van der Waals surface area contributed by atoms with Crippen LogP contribution >= 0.6 is 0 Å². The zero-order valence-corrected chi connectivity index (χ0v) is 56.7. The minimum atomic E-state index is -2.68. The molecule has 0 bridgehead atoms. The second kappa shape index (κ2) is 31.3. The van der Waals surface area contributed by atoms with E-state index in [1.54, 1.807) is 12.1 Å². The third-order valence-electron chi connectivity index (χ3n) is 18.3. The van der Waals surface area contributed by atoms with E-state index in [1.807, 2.05) is 93.3 Å². The number of rotatable bonds is 12. The van der Waals surface area contributed by atoms with Crippen LogP contribution in [-0.2, 0) is 34.6 Å². The van der Waals surface area contributed by atoms with E-state index in [4.69, 9.17) is 15.1 Å². The first kappa shape index (κ1) is 53.8. The fourth-order valence-electron chi connectivity index (χ4n) is 12.9. The van der Waals surface area contributed by atoms with Crippen LogP contribution in [0.15, 0.2) is 261 Å². The summed E-state index contributed by atoms with van der Waals surface area (Å²) in [7, 11) is 8.19. The van der Waals surface area contributed by atoms with Crippen LogP contribution in [0.1, 0.15) is 130 Å². The minimum absolute atomic E-state index is 0.00404. The van der Waals surface area contributed by atoms with Gasteiger partial charge in [0.2, 0.25) is 22.8 Å². The van der Waals surface area contributed by atoms with Crippen LogP contribution in [0.5, 0.6) is 0 Å². The second-order valence-corrected chi connectivity index (χ2v) is 25.4. The highest BCUT2D eigenvalue weighted by molar-refractivity contribution is 5.72. The van der Waals surface area contributed by atoms with Gasteiger partial charge in [-0.2, -0.15) is 0 Å². The highest BCUT2D eigenvalue weighted by atomic mass is 14.9. The zero-order chi connectivity index (χ0) is 75.8. The maximum Gasteiger partial charge on any atom is 0.213 e. The Morgan fingerprint density at radius 1 is 0.351 bits per heavy atom. The van der Waals surface area contributed by atoms with Gasteiger partial charge in [0.25, 0.3) is 0 Å². The van der Waals surface area contributed by atoms with Gasteiger partial charge in [-0.05, 0) is 186 Å². The number of aryl methyl sites for hydroxylation is 10. The Kier molecular flexibility index (Phi) is 17.9. The van der Waals surface area contributed by atoms with E-state index in [0.717, 1.165) is 50.7 Å². The zero-order valence-electron chi connectivity index (χ0n) is 67.7. The van der Waals surface area contributed by atoms with Crippen molar-refractivity contribution in [2.45, 2.75) is 113 Å². The molecule has 94 heavy (non-hydrogen) atoms. The van der Waals surface area contributed by atoms with Crippen molar-refractivity contribution in [2.24, 2.45) is 34.1 Å². The van der Waals surface area contributed by atoms with Gasteiger partial charge < -0.3 is 0 Å². The van der Waals surface area contributed by atoms with Crippen molar-refractivity contribution in [3.05, 3.63) is 311 Å². The third-order valence-corrected chi connectivity index (χ3v) is 18.3. The molecule has 13 rings (SSSR count). The molecule has 4 heterocycles. The molecule has 0 saturated heterocycles. The second-order valence-electron chi connectivity index (χ2n) is 25.4. The fourth-order valence-corrected chi connectivity index (χ4v) is 12.9. The molecule has 1 aliphatic carbocycles. The molecule has 0 spiro atoms. The average molecular weight is 1250 g/mol. The SMILES string of the molecule is Cc1ccccc1-c1cc(-c2ccccc2)cc[n+]1C.Cc1ccccc1-c1ccc(-c2ccc(CC3CCCC3)cc2)c[n+]1C.[2H]C([2H])([2H])C([2H])(C)c1ccc(-c2ccc(-c3ccccc3C)[n+](C)c2)cc1C.[2H]C([2H])([2H])c1ccc(-c2ccc(-c3ccccc3C)[n+](C)c2)cc1C([2H])(C)C([2H])([2H])[2H]. The van der Waals surface area contributed by atoms with Gasteiger partial charge in [-0.25, -0.2) is 18.3 Å². The van der Waals surface area contributed by atoms with Crippen LogP contribution in [0, 0.1) is 47.4 Å². The molecule has 0 N–H and O–H groups in total. The van der Waals surface area contributed by atoms with Crippen molar-refractivity contribution < 1.29 is 33.3 Å². The van der Waals surface area contributed by atoms with E-state index in [1.165, 1.54) is 131 Å². The summed E-state index contributed by atoms with van der Waals surface area (Å²) in [5, 5.41) is 0. The van der Waals surface area contributed by atoms with Crippen LogP contribution in [0.2, 0.25) is 0 Å². The summed E-state index contributed by atoms with van der Waals surface area (Å²) in [4.78, 5) is 0. The Balaban J connectivity index is 0.000000151. The first-order valence-corrected chi connectivity index (χ1v) is 32.9. The molecule has 2 atom stereocenters. The van der Waals surface area contributed by atoms with Gasteiger partial charge in [0, 0.05) is 84.4 Å². The van der Waals surface area contributed by atoms with Gasteiger partial charge in [-0.3, -0.25) is 0 Å². The summed E-state index contributed by atoms with van der Waals surface area (Å²) in [6, 6.07) is 80.5. The summed E-state index contributed by atoms with van der Waals surface area (Å²) in [5.41, 5.74) is 25.9. The number of aromatic nitrogens is 4.